The standard InChI is InChI=1S/C13H8ClN5/c14-9-2-1-8(6-15)11(5-9)18-13-4-3-10(17)12(7-16)19-13/h1-5H,17H2,(H,18,19). The zero-order valence-electron chi connectivity index (χ0n) is 9.68. The van der Waals surface area contributed by atoms with Crippen LogP contribution in [0.1, 0.15) is 11.3 Å². The molecule has 6 heteroatoms. The summed E-state index contributed by atoms with van der Waals surface area (Å²) < 4.78 is 0. The normalized spacial score (nSPS) is 9.42. The molecule has 0 radical (unpaired) electrons. The zero-order chi connectivity index (χ0) is 13.8. The number of pyridine rings is 1. The minimum absolute atomic E-state index is 0.130. The van der Waals surface area contributed by atoms with Crippen molar-refractivity contribution in [2.24, 2.45) is 0 Å². The molecule has 0 aliphatic heterocycles. The Morgan fingerprint density at radius 2 is 1.95 bits per heavy atom. The van der Waals surface area contributed by atoms with E-state index >= 15 is 0 Å². The van der Waals surface area contributed by atoms with Crippen LogP contribution in [0.3, 0.4) is 0 Å². The van der Waals surface area contributed by atoms with Crippen molar-refractivity contribution in [1.82, 2.24) is 4.98 Å². The van der Waals surface area contributed by atoms with Gasteiger partial charge in [0.15, 0.2) is 5.69 Å². The highest BCUT2D eigenvalue weighted by atomic mass is 35.5. The molecule has 0 aliphatic carbocycles. The molecule has 0 fully saturated rings. The van der Waals surface area contributed by atoms with E-state index < -0.39 is 0 Å². The van der Waals surface area contributed by atoms with Gasteiger partial charge >= 0.3 is 0 Å². The fraction of sp³-hybridized carbons (Fsp3) is 0. The first-order chi connectivity index (χ1) is 9.13. The third kappa shape index (κ3) is 2.74. The van der Waals surface area contributed by atoms with Gasteiger partial charge in [0.1, 0.15) is 18.0 Å². The van der Waals surface area contributed by atoms with Crippen molar-refractivity contribution in [3.05, 3.63) is 46.6 Å². The second-order valence-electron chi connectivity index (χ2n) is 3.67. The first-order valence-corrected chi connectivity index (χ1v) is 5.65. The Hall–Kier alpha value is -2.76. The molecule has 0 spiro atoms. The van der Waals surface area contributed by atoms with Crippen molar-refractivity contribution in [2.45, 2.75) is 0 Å². The lowest BCUT2D eigenvalue weighted by Crippen LogP contribution is -2.00. The summed E-state index contributed by atoms with van der Waals surface area (Å²) in [7, 11) is 0. The molecule has 2 rings (SSSR count). The highest BCUT2D eigenvalue weighted by Gasteiger charge is 2.06. The molecule has 0 saturated carbocycles. The van der Waals surface area contributed by atoms with E-state index in [4.69, 9.17) is 27.9 Å². The number of nitrogens with two attached hydrogens (primary N) is 1. The third-order valence-electron chi connectivity index (χ3n) is 2.40. The molecule has 0 saturated heterocycles. The summed E-state index contributed by atoms with van der Waals surface area (Å²) in [6.45, 7) is 0. The van der Waals surface area contributed by atoms with E-state index in [0.717, 1.165) is 0 Å². The van der Waals surface area contributed by atoms with Gasteiger partial charge in [-0.3, -0.25) is 0 Å². The number of aromatic nitrogens is 1. The van der Waals surface area contributed by atoms with Gasteiger partial charge in [-0.2, -0.15) is 10.5 Å². The topological polar surface area (TPSA) is 98.5 Å². The average Bonchev–Trinajstić information content (AvgIpc) is 2.41. The summed E-state index contributed by atoms with van der Waals surface area (Å²) >= 11 is 5.88. The van der Waals surface area contributed by atoms with Gasteiger partial charge in [-0.1, -0.05) is 11.6 Å². The van der Waals surface area contributed by atoms with Crippen molar-refractivity contribution in [3.63, 3.8) is 0 Å². The zero-order valence-corrected chi connectivity index (χ0v) is 10.4. The van der Waals surface area contributed by atoms with Gasteiger partial charge in [-0.25, -0.2) is 4.98 Å². The molecular formula is C13H8ClN5. The molecule has 0 amide bonds. The molecule has 0 unspecified atom stereocenters. The van der Waals surface area contributed by atoms with Crippen molar-refractivity contribution >= 4 is 28.8 Å². The van der Waals surface area contributed by atoms with Gasteiger partial charge in [0.2, 0.25) is 0 Å². The number of anilines is 3. The number of rotatable bonds is 2. The van der Waals surface area contributed by atoms with E-state index in [0.29, 0.717) is 27.8 Å². The molecule has 0 atom stereocenters. The van der Waals surface area contributed by atoms with Crippen LogP contribution in [-0.2, 0) is 0 Å². The van der Waals surface area contributed by atoms with Gasteiger partial charge in [-0.05, 0) is 30.3 Å². The molecule has 3 N–H and O–H groups in total. The molecule has 19 heavy (non-hydrogen) atoms. The van der Waals surface area contributed by atoms with Crippen LogP contribution >= 0.6 is 11.6 Å². The number of hydrogen-bond acceptors (Lipinski definition) is 5. The van der Waals surface area contributed by atoms with Crippen molar-refractivity contribution in [2.75, 3.05) is 11.1 Å². The van der Waals surface area contributed by atoms with Gasteiger partial charge < -0.3 is 11.1 Å². The van der Waals surface area contributed by atoms with E-state index in [1.54, 1.807) is 30.3 Å². The minimum Gasteiger partial charge on any atom is -0.396 e. The van der Waals surface area contributed by atoms with Gasteiger partial charge in [-0.15, -0.1) is 0 Å². The van der Waals surface area contributed by atoms with Crippen molar-refractivity contribution < 1.29 is 0 Å². The lowest BCUT2D eigenvalue weighted by molar-refractivity contribution is 1.26. The first kappa shape index (κ1) is 12.7. The van der Waals surface area contributed by atoms with Crippen LogP contribution in [0, 0.1) is 22.7 Å². The quantitative estimate of drug-likeness (QED) is 0.873. The molecule has 1 heterocycles. The maximum atomic E-state index is 9.01. The van der Waals surface area contributed by atoms with Crippen LogP contribution in [0.5, 0.6) is 0 Å². The van der Waals surface area contributed by atoms with Crippen molar-refractivity contribution in [1.29, 1.82) is 10.5 Å². The van der Waals surface area contributed by atoms with Crippen LogP contribution in [0.2, 0.25) is 5.02 Å². The lowest BCUT2D eigenvalue weighted by Gasteiger charge is -2.08. The summed E-state index contributed by atoms with van der Waals surface area (Å²) in [5.74, 6) is 0.421. The molecule has 2 aromatic rings. The summed E-state index contributed by atoms with van der Waals surface area (Å²) in [6.07, 6.45) is 0. The predicted octanol–water partition coefficient (Wildman–Crippen LogP) is 2.80. The minimum atomic E-state index is 0.130. The maximum Gasteiger partial charge on any atom is 0.165 e. The summed E-state index contributed by atoms with van der Waals surface area (Å²) in [4.78, 5) is 4.04. The van der Waals surface area contributed by atoms with Crippen molar-refractivity contribution in [3.8, 4) is 12.1 Å². The molecular weight excluding hydrogens is 262 g/mol. The molecule has 92 valence electrons. The van der Waals surface area contributed by atoms with Gasteiger partial charge in [0.25, 0.3) is 0 Å². The largest absolute Gasteiger partial charge is 0.396 e. The van der Waals surface area contributed by atoms with E-state index in [1.807, 2.05) is 12.1 Å². The average molecular weight is 270 g/mol. The van der Waals surface area contributed by atoms with Crippen LogP contribution < -0.4 is 11.1 Å². The number of nitriles is 2. The van der Waals surface area contributed by atoms with E-state index in [1.165, 1.54) is 0 Å². The van der Waals surface area contributed by atoms with Crippen LogP contribution in [0.25, 0.3) is 0 Å². The number of nitrogens with one attached hydrogen (secondary N) is 1. The SMILES string of the molecule is N#Cc1ccc(Cl)cc1Nc1ccc(N)c(C#N)n1. The Morgan fingerprint density at radius 1 is 1.16 bits per heavy atom. The number of halogens is 1. The van der Waals surface area contributed by atoms with E-state index in [9.17, 15) is 0 Å². The Balaban J connectivity index is 2.40. The van der Waals surface area contributed by atoms with E-state index in [-0.39, 0.29) is 5.69 Å². The monoisotopic (exact) mass is 269 g/mol. The van der Waals surface area contributed by atoms with Gasteiger partial charge in [0, 0.05) is 5.02 Å². The van der Waals surface area contributed by atoms with E-state index in [2.05, 4.69) is 10.3 Å². The van der Waals surface area contributed by atoms with Crippen LogP contribution in [0.4, 0.5) is 17.2 Å². The summed E-state index contributed by atoms with van der Waals surface area (Å²) in [5, 5.41) is 21.3. The molecule has 1 aromatic carbocycles. The van der Waals surface area contributed by atoms with Gasteiger partial charge in [0.05, 0.1) is 16.9 Å². The van der Waals surface area contributed by atoms with Crippen LogP contribution in [-0.4, -0.2) is 4.98 Å². The number of nitrogens with zero attached hydrogens (tertiary/aromatic N) is 3. The Bertz CT molecular complexity index is 712. The Labute approximate surface area is 114 Å². The molecule has 1 aromatic heterocycles. The molecule has 0 aliphatic rings. The maximum absolute atomic E-state index is 9.01. The van der Waals surface area contributed by atoms with Crippen LogP contribution in [0.15, 0.2) is 30.3 Å². The molecule has 5 nitrogen and oxygen atoms in total. The fourth-order valence-electron chi connectivity index (χ4n) is 1.48. The lowest BCUT2D eigenvalue weighted by atomic mass is 10.2. The first-order valence-electron chi connectivity index (χ1n) is 5.27. The Kier molecular flexibility index (Phi) is 3.51. The smallest absolute Gasteiger partial charge is 0.165 e. The fourth-order valence-corrected chi connectivity index (χ4v) is 1.66. The third-order valence-corrected chi connectivity index (χ3v) is 2.63. The summed E-state index contributed by atoms with van der Waals surface area (Å²) in [5.41, 5.74) is 6.98. The molecule has 0 bridgehead atoms. The number of benzene rings is 1. The second kappa shape index (κ2) is 5.26. The summed E-state index contributed by atoms with van der Waals surface area (Å²) in [6, 6.07) is 12.0. The highest BCUT2D eigenvalue weighted by Crippen LogP contribution is 2.24. The Morgan fingerprint density at radius 3 is 2.63 bits per heavy atom. The number of hydrogen-bond donors (Lipinski definition) is 2. The number of nitrogen functional groups attached to an aromatic ring is 1. The second-order valence-corrected chi connectivity index (χ2v) is 4.11. The predicted molar refractivity (Wildman–Crippen MR) is 72.8 cm³/mol. The highest BCUT2D eigenvalue weighted by molar-refractivity contribution is 6.30.